The highest BCUT2D eigenvalue weighted by Crippen LogP contribution is 2.26. The fourth-order valence-corrected chi connectivity index (χ4v) is 1.50. The number of hydrogen-bond acceptors (Lipinski definition) is 3. The molecule has 0 atom stereocenters. The summed E-state index contributed by atoms with van der Waals surface area (Å²) in [5.74, 6) is -1.03. The van der Waals surface area contributed by atoms with Gasteiger partial charge >= 0.3 is 18.0 Å². The van der Waals surface area contributed by atoms with E-state index >= 15 is 0 Å². The first-order chi connectivity index (χ1) is 8.91. The normalized spacial score (nSPS) is 13.6. The van der Waals surface area contributed by atoms with Gasteiger partial charge in [-0.2, -0.15) is 0 Å². The molecule has 1 rings (SSSR count). The molecular weight excluding hydrogens is 252 g/mol. The number of nitrogens with one attached hydrogen (secondary N) is 2. The van der Waals surface area contributed by atoms with E-state index in [1.54, 1.807) is 14.1 Å². The first-order valence-corrected chi connectivity index (χ1v) is 6.13. The second kappa shape index (κ2) is 6.81. The lowest BCUT2D eigenvalue weighted by Crippen LogP contribution is -2.46. The summed E-state index contributed by atoms with van der Waals surface area (Å²) in [7, 11) is 3.24. The lowest BCUT2D eigenvalue weighted by atomic mass is 10.5. The Labute approximate surface area is 111 Å². The van der Waals surface area contributed by atoms with Gasteiger partial charge in [0.2, 0.25) is 0 Å². The van der Waals surface area contributed by atoms with Gasteiger partial charge in [-0.3, -0.25) is 4.79 Å². The number of amides is 4. The number of hydrogen-bond donors (Lipinski definition) is 3. The van der Waals surface area contributed by atoms with Crippen molar-refractivity contribution in [1.29, 1.82) is 0 Å². The Morgan fingerprint density at radius 1 is 1.11 bits per heavy atom. The summed E-state index contributed by atoms with van der Waals surface area (Å²) in [6, 6.07) is -0.602. The second-order valence-corrected chi connectivity index (χ2v) is 4.61. The van der Waals surface area contributed by atoms with Crippen molar-refractivity contribution in [2.24, 2.45) is 0 Å². The van der Waals surface area contributed by atoms with Gasteiger partial charge in [0, 0.05) is 33.2 Å². The van der Waals surface area contributed by atoms with Gasteiger partial charge in [0.05, 0.1) is 0 Å². The van der Waals surface area contributed by atoms with Gasteiger partial charge in [-0.25, -0.2) is 9.59 Å². The zero-order valence-corrected chi connectivity index (χ0v) is 11.2. The van der Waals surface area contributed by atoms with E-state index in [2.05, 4.69) is 10.6 Å². The standard InChI is InChI=1S/C11H20N4O4/c1-14(2)10(18)12-5-6-13-11(19)15(7-9(16)17)8-3-4-8/h8H,3-7H2,1-2H3,(H,12,18)(H,13,19)(H,16,17). The minimum absolute atomic E-state index is 0.0347. The predicted octanol–water partition coefficient (Wildman–Crippen LogP) is -0.484. The number of nitrogens with zero attached hydrogens (tertiary/aromatic N) is 2. The number of carboxylic acids is 1. The molecule has 1 aliphatic carbocycles. The second-order valence-electron chi connectivity index (χ2n) is 4.61. The highest BCUT2D eigenvalue weighted by atomic mass is 16.4. The molecule has 0 saturated heterocycles. The van der Waals surface area contributed by atoms with Gasteiger partial charge in [-0.15, -0.1) is 0 Å². The summed E-state index contributed by atoms with van der Waals surface area (Å²) in [6.07, 6.45) is 1.69. The maximum Gasteiger partial charge on any atom is 0.323 e. The monoisotopic (exact) mass is 272 g/mol. The van der Waals surface area contributed by atoms with Crippen molar-refractivity contribution in [3.05, 3.63) is 0 Å². The van der Waals surface area contributed by atoms with Crippen LogP contribution in [0, 0.1) is 0 Å². The van der Waals surface area contributed by atoms with Gasteiger partial charge in [0.25, 0.3) is 0 Å². The van der Waals surface area contributed by atoms with Crippen LogP contribution in [0.15, 0.2) is 0 Å². The number of carbonyl (C=O) groups is 3. The van der Waals surface area contributed by atoms with E-state index < -0.39 is 12.0 Å². The molecule has 1 fully saturated rings. The third-order valence-corrected chi connectivity index (χ3v) is 2.64. The van der Waals surface area contributed by atoms with Crippen molar-refractivity contribution in [3.8, 4) is 0 Å². The van der Waals surface area contributed by atoms with Crippen LogP contribution in [0.5, 0.6) is 0 Å². The molecule has 1 aliphatic rings. The SMILES string of the molecule is CN(C)C(=O)NCCNC(=O)N(CC(=O)O)C1CC1. The van der Waals surface area contributed by atoms with Crippen LogP contribution < -0.4 is 10.6 Å². The van der Waals surface area contributed by atoms with Crippen LogP contribution in [0.3, 0.4) is 0 Å². The molecule has 0 aromatic rings. The molecule has 0 radical (unpaired) electrons. The molecule has 4 amide bonds. The summed E-state index contributed by atoms with van der Waals surface area (Å²) in [5.41, 5.74) is 0. The van der Waals surface area contributed by atoms with Gasteiger partial charge in [0.15, 0.2) is 0 Å². The maximum atomic E-state index is 11.8. The number of carbonyl (C=O) groups excluding carboxylic acids is 2. The van der Waals surface area contributed by atoms with Gasteiger partial charge in [-0.1, -0.05) is 0 Å². The molecule has 0 unspecified atom stereocenters. The van der Waals surface area contributed by atoms with Crippen LogP contribution in [0.25, 0.3) is 0 Å². The zero-order chi connectivity index (χ0) is 14.4. The average Bonchev–Trinajstić information content (AvgIpc) is 3.14. The molecule has 0 heterocycles. The summed E-state index contributed by atoms with van der Waals surface area (Å²) >= 11 is 0. The van der Waals surface area contributed by atoms with Crippen LogP contribution in [0.2, 0.25) is 0 Å². The van der Waals surface area contributed by atoms with E-state index in [0.717, 1.165) is 12.8 Å². The van der Waals surface area contributed by atoms with Crippen molar-refractivity contribution < 1.29 is 19.5 Å². The highest BCUT2D eigenvalue weighted by Gasteiger charge is 2.33. The Kier molecular flexibility index (Phi) is 5.40. The molecule has 108 valence electrons. The molecule has 1 saturated carbocycles. The van der Waals surface area contributed by atoms with Gasteiger partial charge < -0.3 is 25.5 Å². The Balaban J connectivity index is 2.25. The maximum absolute atomic E-state index is 11.8. The molecule has 0 aliphatic heterocycles. The third kappa shape index (κ3) is 5.45. The summed E-state index contributed by atoms with van der Waals surface area (Å²) in [6.45, 7) is 0.274. The molecule has 0 spiro atoms. The largest absolute Gasteiger partial charge is 0.480 e. The van der Waals surface area contributed by atoms with Gasteiger partial charge in [0.1, 0.15) is 6.54 Å². The zero-order valence-electron chi connectivity index (χ0n) is 11.2. The predicted molar refractivity (Wildman–Crippen MR) is 67.8 cm³/mol. The minimum atomic E-state index is -1.03. The summed E-state index contributed by atoms with van der Waals surface area (Å²) in [4.78, 5) is 36.3. The van der Waals surface area contributed by atoms with E-state index in [-0.39, 0.29) is 25.2 Å². The van der Waals surface area contributed by atoms with Crippen LogP contribution in [-0.4, -0.2) is 72.7 Å². The van der Waals surface area contributed by atoms with Crippen molar-refractivity contribution in [1.82, 2.24) is 20.4 Å². The lowest BCUT2D eigenvalue weighted by Gasteiger charge is -2.21. The van der Waals surface area contributed by atoms with E-state index in [4.69, 9.17) is 5.11 Å². The molecule has 8 heteroatoms. The number of aliphatic carboxylic acids is 1. The molecule has 8 nitrogen and oxygen atoms in total. The van der Waals surface area contributed by atoms with E-state index in [1.807, 2.05) is 0 Å². The highest BCUT2D eigenvalue weighted by molar-refractivity contribution is 5.80. The first-order valence-electron chi connectivity index (χ1n) is 6.13. The smallest absolute Gasteiger partial charge is 0.323 e. The number of carboxylic acid groups (broad SMARTS) is 1. The molecule has 3 N–H and O–H groups in total. The Morgan fingerprint density at radius 2 is 1.63 bits per heavy atom. The van der Waals surface area contributed by atoms with Crippen LogP contribution in [0.4, 0.5) is 9.59 Å². The van der Waals surface area contributed by atoms with Crippen molar-refractivity contribution in [2.75, 3.05) is 33.7 Å². The average molecular weight is 272 g/mol. The summed E-state index contributed by atoms with van der Waals surface area (Å²) in [5, 5.41) is 13.9. The third-order valence-electron chi connectivity index (χ3n) is 2.64. The molecular formula is C11H20N4O4. The summed E-state index contributed by atoms with van der Waals surface area (Å²) < 4.78 is 0. The fourth-order valence-electron chi connectivity index (χ4n) is 1.50. The number of rotatable bonds is 6. The van der Waals surface area contributed by atoms with Crippen LogP contribution in [-0.2, 0) is 4.79 Å². The Bertz CT molecular complexity index is 355. The van der Waals surface area contributed by atoms with Crippen LogP contribution >= 0.6 is 0 Å². The molecule has 0 aromatic carbocycles. The fraction of sp³-hybridized carbons (Fsp3) is 0.727. The molecule has 0 aromatic heterocycles. The number of urea groups is 2. The van der Waals surface area contributed by atoms with E-state index in [9.17, 15) is 14.4 Å². The van der Waals surface area contributed by atoms with E-state index in [0.29, 0.717) is 6.54 Å². The van der Waals surface area contributed by atoms with Crippen molar-refractivity contribution in [3.63, 3.8) is 0 Å². The van der Waals surface area contributed by atoms with E-state index in [1.165, 1.54) is 9.80 Å². The van der Waals surface area contributed by atoms with Crippen molar-refractivity contribution in [2.45, 2.75) is 18.9 Å². The molecule has 0 bridgehead atoms. The van der Waals surface area contributed by atoms with Crippen LogP contribution in [0.1, 0.15) is 12.8 Å². The van der Waals surface area contributed by atoms with Crippen molar-refractivity contribution >= 4 is 18.0 Å². The first kappa shape index (κ1) is 15.1. The lowest BCUT2D eigenvalue weighted by molar-refractivity contribution is -0.137. The Hall–Kier alpha value is -1.99. The topological polar surface area (TPSA) is 102 Å². The quantitative estimate of drug-likeness (QED) is 0.568. The minimum Gasteiger partial charge on any atom is -0.480 e. The molecule has 19 heavy (non-hydrogen) atoms. The Morgan fingerprint density at radius 3 is 2.05 bits per heavy atom. The van der Waals surface area contributed by atoms with Gasteiger partial charge in [-0.05, 0) is 12.8 Å².